The van der Waals surface area contributed by atoms with Crippen LogP contribution in [0.25, 0.3) is 16.7 Å². The molecule has 1 N–H and O–H groups in total. The number of halogens is 1. The van der Waals surface area contributed by atoms with E-state index in [-0.39, 0.29) is 23.7 Å². The quantitative estimate of drug-likeness (QED) is 0.736. The van der Waals surface area contributed by atoms with Crippen LogP contribution in [-0.4, -0.2) is 63.7 Å². The molecule has 8 heteroatoms. The molecule has 0 saturated carbocycles. The number of carbonyl (C=O) groups excluding carboxylic acids is 1. The zero-order chi connectivity index (χ0) is 20.0. The fraction of sp³-hybridized carbons (Fsp3) is 0.381. The maximum absolute atomic E-state index is 15.5. The van der Waals surface area contributed by atoms with Crippen LogP contribution in [0.5, 0.6) is 0 Å². The number of aromatic nitrogens is 3. The summed E-state index contributed by atoms with van der Waals surface area (Å²) in [7, 11) is 2.10. The van der Waals surface area contributed by atoms with Gasteiger partial charge in [0.05, 0.1) is 25.1 Å². The first-order valence-corrected chi connectivity index (χ1v) is 9.79. The van der Waals surface area contributed by atoms with E-state index in [4.69, 9.17) is 4.74 Å². The maximum atomic E-state index is 15.5. The second kappa shape index (κ2) is 7.20. The van der Waals surface area contributed by atoms with Crippen molar-refractivity contribution in [1.29, 1.82) is 0 Å². The highest BCUT2D eigenvalue weighted by atomic mass is 19.1. The van der Waals surface area contributed by atoms with Gasteiger partial charge in [-0.2, -0.15) is 4.39 Å². The summed E-state index contributed by atoms with van der Waals surface area (Å²) in [6, 6.07) is 7.44. The van der Waals surface area contributed by atoms with Crippen LogP contribution in [0.3, 0.4) is 0 Å². The summed E-state index contributed by atoms with van der Waals surface area (Å²) in [4.78, 5) is 23.8. The number of amides is 1. The van der Waals surface area contributed by atoms with Crippen LogP contribution in [-0.2, 0) is 4.74 Å². The van der Waals surface area contributed by atoms with Gasteiger partial charge in [-0.1, -0.05) is 0 Å². The molecular weight excluding hydrogens is 373 g/mol. The van der Waals surface area contributed by atoms with Crippen LogP contribution in [0.15, 0.2) is 42.9 Å². The number of pyridine rings is 2. The molecular formula is C21H22FN5O2. The number of fused-ring (bicyclic) bond motifs is 3. The molecule has 3 aromatic heterocycles. The van der Waals surface area contributed by atoms with Gasteiger partial charge in [0.25, 0.3) is 5.91 Å². The molecule has 0 spiro atoms. The van der Waals surface area contributed by atoms with Crippen molar-refractivity contribution in [3.63, 3.8) is 0 Å². The number of nitrogens with one attached hydrogen (secondary N) is 1. The Morgan fingerprint density at radius 1 is 1.21 bits per heavy atom. The van der Waals surface area contributed by atoms with Gasteiger partial charge in [0.2, 0.25) is 5.95 Å². The molecule has 0 radical (unpaired) electrons. The summed E-state index contributed by atoms with van der Waals surface area (Å²) in [6.45, 7) is 1.33. The molecule has 29 heavy (non-hydrogen) atoms. The normalized spacial score (nSPS) is 24.6. The maximum Gasteiger partial charge on any atom is 0.256 e. The molecule has 7 nitrogen and oxygen atoms in total. The highest BCUT2D eigenvalue weighted by molar-refractivity contribution is 6.07. The van der Waals surface area contributed by atoms with Crippen LogP contribution < -0.4 is 5.32 Å². The Hall–Kier alpha value is -2.84. The van der Waals surface area contributed by atoms with Crippen molar-refractivity contribution in [2.75, 3.05) is 20.3 Å². The van der Waals surface area contributed by atoms with Gasteiger partial charge >= 0.3 is 0 Å². The topological polar surface area (TPSA) is 72.3 Å². The van der Waals surface area contributed by atoms with Crippen molar-refractivity contribution in [2.45, 2.75) is 31.0 Å². The van der Waals surface area contributed by atoms with E-state index in [1.807, 2.05) is 0 Å². The van der Waals surface area contributed by atoms with Crippen LogP contribution in [0.4, 0.5) is 4.39 Å². The van der Waals surface area contributed by atoms with E-state index in [0.717, 1.165) is 12.8 Å². The predicted molar refractivity (Wildman–Crippen MR) is 105 cm³/mol. The standard InChI is InChI=1S/C21H22FN5O2/c1-26-15-8-13(9-16(26)12-29-11-15)25-21(28)18-17-5-3-7-24-20(17)27(19(18)22)14-4-2-6-23-10-14/h2-7,10,13,15-16H,8-9,11-12H2,1H3,(H,25,28). The molecule has 0 aliphatic carbocycles. The average Bonchev–Trinajstić information content (AvgIpc) is 3.01. The summed E-state index contributed by atoms with van der Waals surface area (Å²) in [5, 5.41) is 3.55. The number of nitrogens with zero attached hydrogens (tertiary/aromatic N) is 4. The SMILES string of the molecule is CN1C2COCC1CC(NC(=O)c1c(F)n(-c3cccnc3)c3ncccc13)C2. The number of morpholine rings is 1. The van der Waals surface area contributed by atoms with Gasteiger partial charge in [0.15, 0.2) is 0 Å². The van der Waals surface area contributed by atoms with E-state index in [2.05, 4.69) is 27.2 Å². The van der Waals surface area contributed by atoms with E-state index in [1.165, 1.54) is 4.57 Å². The van der Waals surface area contributed by atoms with Gasteiger partial charge in [-0.05, 0) is 44.2 Å². The Kier molecular flexibility index (Phi) is 4.52. The summed E-state index contributed by atoms with van der Waals surface area (Å²) < 4.78 is 22.5. The van der Waals surface area contributed by atoms with Gasteiger partial charge in [-0.25, -0.2) is 4.98 Å². The minimum absolute atomic E-state index is 0.00883. The van der Waals surface area contributed by atoms with Crippen LogP contribution >= 0.6 is 0 Å². The van der Waals surface area contributed by atoms with Crippen molar-refractivity contribution < 1.29 is 13.9 Å². The number of hydrogen-bond acceptors (Lipinski definition) is 5. The number of rotatable bonds is 3. The Balaban J connectivity index is 1.49. The average molecular weight is 395 g/mol. The summed E-state index contributed by atoms with van der Waals surface area (Å²) in [5.41, 5.74) is 0.952. The van der Waals surface area contributed by atoms with E-state index in [0.29, 0.717) is 29.9 Å². The molecule has 2 saturated heterocycles. The fourth-order valence-electron chi connectivity index (χ4n) is 4.49. The monoisotopic (exact) mass is 395 g/mol. The van der Waals surface area contributed by atoms with Crippen LogP contribution in [0, 0.1) is 5.95 Å². The van der Waals surface area contributed by atoms with Crippen molar-refractivity contribution in [1.82, 2.24) is 24.8 Å². The largest absolute Gasteiger partial charge is 0.378 e. The van der Waals surface area contributed by atoms with E-state index in [1.54, 1.807) is 42.9 Å². The summed E-state index contributed by atoms with van der Waals surface area (Å²) in [6.07, 6.45) is 6.35. The van der Waals surface area contributed by atoms with E-state index < -0.39 is 11.9 Å². The highest BCUT2D eigenvalue weighted by Gasteiger charge is 2.38. The van der Waals surface area contributed by atoms with Crippen molar-refractivity contribution in [3.8, 4) is 5.69 Å². The van der Waals surface area contributed by atoms with Gasteiger partial charge in [0.1, 0.15) is 11.2 Å². The highest BCUT2D eigenvalue weighted by Crippen LogP contribution is 2.29. The number of carbonyl (C=O) groups is 1. The lowest BCUT2D eigenvalue weighted by Gasteiger charge is -2.46. The Labute approximate surface area is 167 Å². The van der Waals surface area contributed by atoms with Gasteiger partial charge in [-0.3, -0.25) is 19.2 Å². The zero-order valence-corrected chi connectivity index (χ0v) is 16.1. The molecule has 2 atom stereocenters. The van der Waals surface area contributed by atoms with Crippen molar-refractivity contribution in [3.05, 3.63) is 54.4 Å². The lowest BCUT2D eigenvalue weighted by atomic mass is 9.90. The second-order valence-corrected chi connectivity index (χ2v) is 7.74. The third kappa shape index (κ3) is 3.08. The molecule has 2 aliphatic heterocycles. The van der Waals surface area contributed by atoms with Gasteiger partial charge in [0, 0.05) is 35.9 Å². The molecule has 5 heterocycles. The van der Waals surface area contributed by atoms with Crippen LogP contribution in [0.1, 0.15) is 23.2 Å². The van der Waals surface area contributed by atoms with Gasteiger partial charge in [-0.15, -0.1) is 0 Å². The first-order chi connectivity index (χ1) is 14.1. The zero-order valence-electron chi connectivity index (χ0n) is 16.1. The Morgan fingerprint density at radius 3 is 2.69 bits per heavy atom. The third-order valence-electron chi connectivity index (χ3n) is 6.02. The first kappa shape index (κ1) is 18.2. The van der Waals surface area contributed by atoms with E-state index in [9.17, 15) is 4.79 Å². The van der Waals surface area contributed by atoms with Crippen molar-refractivity contribution in [2.24, 2.45) is 0 Å². The summed E-state index contributed by atoms with van der Waals surface area (Å²) in [5.74, 6) is -1.03. The third-order valence-corrected chi connectivity index (χ3v) is 6.02. The number of hydrogen-bond donors (Lipinski definition) is 1. The minimum atomic E-state index is -0.624. The number of likely N-dealkylation sites (N-methyl/N-ethyl adjacent to an activating group) is 1. The number of ether oxygens (including phenoxy) is 1. The second-order valence-electron chi connectivity index (χ2n) is 7.74. The molecule has 2 fully saturated rings. The molecule has 2 bridgehead atoms. The number of piperidine rings is 1. The Morgan fingerprint density at radius 2 is 1.97 bits per heavy atom. The fourth-order valence-corrected chi connectivity index (χ4v) is 4.49. The van der Waals surface area contributed by atoms with Crippen LogP contribution in [0.2, 0.25) is 0 Å². The smallest absolute Gasteiger partial charge is 0.256 e. The lowest BCUT2D eigenvalue weighted by Crippen LogP contribution is -2.59. The van der Waals surface area contributed by atoms with E-state index >= 15 is 4.39 Å². The molecule has 150 valence electrons. The lowest BCUT2D eigenvalue weighted by molar-refractivity contribution is -0.0670. The minimum Gasteiger partial charge on any atom is -0.378 e. The molecule has 2 unspecified atom stereocenters. The first-order valence-electron chi connectivity index (χ1n) is 9.79. The predicted octanol–water partition coefficient (Wildman–Crippen LogP) is 2.15. The van der Waals surface area contributed by atoms with Crippen molar-refractivity contribution >= 4 is 16.9 Å². The molecule has 0 aromatic carbocycles. The Bertz CT molecular complexity index is 1040. The molecule has 1 amide bonds. The van der Waals surface area contributed by atoms with Gasteiger partial charge < -0.3 is 10.1 Å². The molecule has 3 aromatic rings. The summed E-state index contributed by atoms with van der Waals surface area (Å²) >= 11 is 0. The molecule has 5 rings (SSSR count). The molecule has 2 aliphatic rings.